The van der Waals surface area contributed by atoms with E-state index < -0.39 is 10.0 Å². The summed E-state index contributed by atoms with van der Waals surface area (Å²) in [6.45, 7) is 0. The van der Waals surface area contributed by atoms with Crippen LogP contribution in [0.1, 0.15) is 0 Å². The first kappa shape index (κ1) is 10.6. The van der Waals surface area contributed by atoms with Crippen LogP contribution in [-0.4, -0.2) is 15.5 Å². The monoisotopic (exact) mass is 216 g/mol. The first-order valence-corrected chi connectivity index (χ1v) is 5.08. The largest absolute Gasteiger partial charge is 0.495 e. The number of nitrogens with two attached hydrogens (primary N) is 1. The molecule has 0 aliphatic carbocycles. The van der Waals surface area contributed by atoms with Crippen LogP contribution < -0.4 is 9.88 Å². The molecule has 1 rings (SSSR count). The van der Waals surface area contributed by atoms with Crippen molar-refractivity contribution in [2.24, 2.45) is 10.3 Å². The van der Waals surface area contributed by atoms with Gasteiger partial charge in [-0.3, -0.25) is 0 Å². The molecule has 2 N–H and O–H groups in total. The van der Waals surface area contributed by atoms with Gasteiger partial charge in [-0.15, -0.1) is 4.91 Å². The van der Waals surface area contributed by atoms with Crippen molar-refractivity contribution in [3.05, 3.63) is 23.1 Å². The molecule has 1 aromatic rings. The number of hydrogen-bond acceptors (Lipinski definition) is 5. The summed E-state index contributed by atoms with van der Waals surface area (Å²) in [7, 11) is -2.60. The fraction of sp³-hybridized carbons (Fsp3) is 0.143. The van der Waals surface area contributed by atoms with Gasteiger partial charge in [0.1, 0.15) is 16.3 Å². The Morgan fingerprint density at radius 2 is 2.07 bits per heavy atom. The van der Waals surface area contributed by atoms with Crippen molar-refractivity contribution in [1.29, 1.82) is 0 Å². The van der Waals surface area contributed by atoms with E-state index in [0.717, 1.165) is 6.07 Å². The van der Waals surface area contributed by atoms with E-state index in [9.17, 15) is 13.3 Å². The molecule has 0 aromatic heterocycles. The number of ether oxygens (including phenoxy) is 1. The van der Waals surface area contributed by atoms with Gasteiger partial charge in [0.2, 0.25) is 10.0 Å². The Balaban J connectivity index is 3.44. The number of nitrogens with zero attached hydrogens (tertiary/aromatic N) is 1. The van der Waals surface area contributed by atoms with Gasteiger partial charge in [0.25, 0.3) is 0 Å². The van der Waals surface area contributed by atoms with Crippen LogP contribution in [0.15, 0.2) is 28.3 Å². The van der Waals surface area contributed by atoms with Crippen molar-refractivity contribution in [3.63, 3.8) is 0 Å². The molecule has 0 fully saturated rings. The van der Waals surface area contributed by atoms with Crippen molar-refractivity contribution in [2.45, 2.75) is 4.90 Å². The van der Waals surface area contributed by atoms with Crippen LogP contribution in [0.5, 0.6) is 5.75 Å². The lowest BCUT2D eigenvalue weighted by molar-refractivity contribution is 0.403. The Morgan fingerprint density at radius 3 is 2.50 bits per heavy atom. The predicted octanol–water partition coefficient (Wildman–Crippen LogP) is 0.740. The summed E-state index contributed by atoms with van der Waals surface area (Å²) in [6.07, 6.45) is 0. The van der Waals surface area contributed by atoms with Crippen molar-refractivity contribution in [1.82, 2.24) is 0 Å². The van der Waals surface area contributed by atoms with Gasteiger partial charge >= 0.3 is 0 Å². The molecule has 0 saturated carbocycles. The van der Waals surface area contributed by atoms with E-state index in [1.54, 1.807) is 0 Å². The van der Waals surface area contributed by atoms with Crippen molar-refractivity contribution in [2.75, 3.05) is 7.11 Å². The molecule has 0 aliphatic rings. The fourth-order valence-corrected chi connectivity index (χ4v) is 1.66. The third-order valence-electron chi connectivity index (χ3n) is 1.56. The highest BCUT2D eigenvalue weighted by molar-refractivity contribution is 7.89. The molecular weight excluding hydrogens is 208 g/mol. The minimum absolute atomic E-state index is 0.0187. The molecule has 0 atom stereocenters. The molecule has 14 heavy (non-hydrogen) atoms. The Labute approximate surface area is 80.7 Å². The molecule has 0 heterocycles. The zero-order valence-corrected chi connectivity index (χ0v) is 8.11. The van der Waals surface area contributed by atoms with E-state index in [4.69, 9.17) is 9.88 Å². The van der Waals surface area contributed by atoms with E-state index in [-0.39, 0.29) is 16.3 Å². The molecule has 0 unspecified atom stereocenters. The Kier molecular flexibility index (Phi) is 2.82. The van der Waals surface area contributed by atoms with Crippen LogP contribution in [0, 0.1) is 4.91 Å². The maximum absolute atomic E-state index is 11.0. The van der Waals surface area contributed by atoms with Crippen molar-refractivity contribution in [3.8, 4) is 5.75 Å². The van der Waals surface area contributed by atoms with E-state index in [0.29, 0.717) is 0 Å². The van der Waals surface area contributed by atoms with Crippen LogP contribution >= 0.6 is 0 Å². The van der Waals surface area contributed by atoms with E-state index in [1.807, 2.05) is 0 Å². The lowest BCUT2D eigenvalue weighted by Crippen LogP contribution is -2.13. The van der Waals surface area contributed by atoms with Crippen molar-refractivity contribution < 1.29 is 13.2 Å². The van der Waals surface area contributed by atoms with Crippen molar-refractivity contribution >= 4 is 15.7 Å². The van der Waals surface area contributed by atoms with E-state index in [1.165, 1.54) is 19.2 Å². The van der Waals surface area contributed by atoms with E-state index >= 15 is 0 Å². The fourth-order valence-electron chi connectivity index (χ4n) is 0.945. The molecule has 0 saturated heterocycles. The van der Waals surface area contributed by atoms with Gasteiger partial charge in [-0.1, -0.05) is 0 Å². The molecule has 0 bridgehead atoms. The lowest BCUT2D eigenvalue weighted by Gasteiger charge is -2.05. The molecule has 0 radical (unpaired) electrons. The average Bonchev–Trinajstić information content (AvgIpc) is 2.15. The molecule has 0 amide bonds. The second-order valence-corrected chi connectivity index (χ2v) is 4.00. The molecular formula is C7H8N2O4S. The maximum atomic E-state index is 11.0. The Morgan fingerprint density at radius 1 is 1.43 bits per heavy atom. The highest BCUT2D eigenvalue weighted by Crippen LogP contribution is 2.27. The number of benzene rings is 1. The topological polar surface area (TPSA) is 98.8 Å². The third-order valence-corrected chi connectivity index (χ3v) is 2.49. The predicted molar refractivity (Wildman–Crippen MR) is 49.8 cm³/mol. The minimum atomic E-state index is -3.90. The quantitative estimate of drug-likeness (QED) is 0.753. The number of sulfonamides is 1. The molecule has 6 nitrogen and oxygen atoms in total. The summed E-state index contributed by atoms with van der Waals surface area (Å²) in [5.41, 5.74) is -0.0187. The van der Waals surface area contributed by atoms with E-state index in [2.05, 4.69) is 5.18 Å². The zero-order chi connectivity index (χ0) is 10.8. The molecule has 0 spiro atoms. The first-order valence-electron chi connectivity index (χ1n) is 3.53. The maximum Gasteiger partial charge on any atom is 0.241 e. The number of nitroso groups, excluding NO2 is 1. The third kappa shape index (κ3) is 2.06. The second kappa shape index (κ2) is 3.72. The molecule has 1 aromatic carbocycles. The number of methoxy groups -OCH3 is 1. The number of rotatable bonds is 3. The lowest BCUT2D eigenvalue weighted by atomic mass is 10.3. The number of hydrogen-bond donors (Lipinski definition) is 1. The van der Waals surface area contributed by atoms with Gasteiger partial charge in [0.05, 0.1) is 7.11 Å². The van der Waals surface area contributed by atoms with Crippen LogP contribution in [-0.2, 0) is 10.0 Å². The SMILES string of the molecule is COc1ccc(N=O)cc1S(N)(=O)=O. The molecule has 7 heteroatoms. The first-order chi connectivity index (χ1) is 6.49. The van der Waals surface area contributed by atoms with Crippen LogP contribution in [0.4, 0.5) is 5.69 Å². The summed E-state index contributed by atoms with van der Waals surface area (Å²) in [5, 5.41) is 7.50. The summed E-state index contributed by atoms with van der Waals surface area (Å²) in [6, 6.07) is 3.71. The number of primary sulfonamides is 1. The van der Waals surface area contributed by atoms with Gasteiger partial charge in [-0.05, 0) is 23.4 Å². The summed E-state index contributed by atoms with van der Waals surface area (Å²) >= 11 is 0. The van der Waals surface area contributed by atoms with Gasteiger partial charge in [0, 0.05) is 0 Å². The molecule has 0 aliphatic heterocycles. The normalized spacial score (nSPS) is 11.0. The summed E-state index contributed by atoms with van der Waals surface area (Å²) in [5.74, 6) is 0.0832. The van der Waals surface area contributed by atoms with Crippen LogP contribution in [0.3, 0.4) is 0 Å². The minimum Gasteiger partial charge on any atom is -0.495 e. The van der Waals surface area contributed by atoms with Gasteiger partial charge in [-0.2, -0.15) is 0 Å². The van der Waals surface area contributed by atoms with Gasteiger partial charge in [0.15, 0.2) is 0 Å². The highest BCUT2D eigenvalue weighted by atomic mass is 32.2. The Bertz CT molecular complexity index is 455. The smallest absolute Gasteiger partial charge is 0.241 e. The Hall–Kier alpha value is -1.47. The van der Waals surface area contributed by atoms with Crippen LogP contribution in [0.2, 0.25) is 0 Å². The molecule has 76 valence electrons. The average molecular weight is 216 g/mol. The standard InChI is InChI=1S/C7H8N2O4S/c1-13-6-3-2-5(9-10)4-7(6)14(8,11)12/h2-4H,1H3,(H2,8,11,12). The van der Waals surface area contributed by atoms with Gasteiger partial charge in [-0.25, -0.2) is 13.6 Å². The second-order valence-electron chi connectivity index (χ2n) is 2.47. The zero-order valence-electron chi connectivity index (χ0n) is 7.30. The van der Waals surface area contributed by atoms with Crippen LogP contribution in [0.25, 0.3) is 0 Å². The summed E-state index contributed by atoms with van der Waals surface area (Å²) in [4.78, 5) is 9.91. The summed E-state index contributed by atoms with van der Waals surface area (Å²) < 4.78 is 26.8. The van der Waals surface area contributed by atoms with Gasteiger partial charge < -0.3 is 4.74 Å². The highest BCUT2D eigenvalue weighted by Gasteiger charge is 2.15.